The van der Waals surface area contributed by atoms with Crippen LogP contribution < -0.4 is 10.5 Å². The molecule has 7 heteroatoms. The molecule has 17 heavy (non-hydrogen) atoms. The van der Waals surface area contributed by atoms with Crippen LogP contribution in [0.25, 0.3) is 0 Å². The Bertz CT molecular complexity index is 361. The SMILES string of the molecule is CC[C@@H](N)C(=O)N1CCC(NS(C)(=O)=O)CC1. The van der Waals surface area contributed by atoms with E-state index in [9.17, 15) is 13.2 Å². The third-order valence-corrected chi connectivity index (χ3v) is 3.71. The molecule has 1 fully saturated rings. The zero-order chi connectivity index (χ0) is 13.1. The second-order valence-electron chi connectivity index (χ2n) is 4.50. The molecule has 100 valence electrons. The van der Waals surface area contributed by atoms with Crippen LogP contribution in [0.2, 0.25) is 0 Å². The van der Waals surface area contributed by atoms with Gasteiger partial charge in [-0.15, -0.1) is 0 Å². The summed E-state index contributed by atoms with van der Waals surface area (Å²) >= 11 is 0. The van der Waals surface area contributed by atoms with E-state index in [0.29, 0.717) is 32.4 Å². The Kier molecular flexibility index (Phi) is 4.91. The van der Waals surface area contributed by atoms with Crippen LogP contribution in [-0.4, -0.2) is 50.7 Å². The highest BCUT2D eigenvalue weighted by molar-refractivity contribution is 7.88. The summed E-state index contributed by atoms with van der Waals surface area (Å²) in [5.41, 5.74) is 5.68. The number of carbonyl (C=O) groups excluding carboxylic acids is 1. The predicted molar refractivity (Wildman–Crippen MR) is 65.8 cm³/mol. The molecule has 1 amide bonds. The van der Waals surface area contributed by atoms with Crippen molar-refractivity contribution in [2.24, 2.45) is 5.73 Å². The fraction of sp³-hybridized carbons (Fsp3) is 0.900. The summed E-state index contributed by atoms with van der Waals surface area (Å²) in [6.45, 7) is 3.01. The van der Waals surface area contributed by atoms with Crippen LogP contribution in [0.4, 0.5) is 0 Å². The average molecular weight is 263 g/mol. The lowest BCUT2D eigenvalue weighted by molar-refractivity contribution is -0.133. The molecule has 1 aliphatic heterocycles. The lowest BCUT2D eigenvalue weighted by Gasteiger charge is -2.33. The summed E-state index contributed by atoms with van der Waals surface area (Å²) in [5.74, 6) is -0.0368. The number of likely N-dealkylation sites (tertiary alicyclic amines) is 1. The van der Waals surface area contributed by atoms with Crippen LogP contribution in [0.3, 0.4) is 0 Å². The molecule has 0 aromatic rings. The van der Waals surface area contributed by atoms with E-state index < -0.39 is 16.1 Å². The summed E-state index contributed by atoms with van der Waals surface area (Å²) in [7, 11) is -3.16. The van der Waals surface area contributed by atoms with Gasteiger partial charge in [0.2, 0.25) is 15.9 Å². The molecule has 1 heterocycles. The minimum Gasteiger partial charge on any atom is -0.341 e. The molecule has 6 nitrogen and oxygen atoms in total. The first-order chi connectivity index (χ1) is 7.83. The van der Waals surface area contributed by atoms with Crippen LogP contribution in [0.5, 0.6) is 0 Å². The second-order valence-corrected chi connectivity index (χ2v) is 6.28. The molecule has 1 saturated heterocycles. The summed E-state index contributed by atoms with van der Waals surface area (Å²) in [5, 5.41) is 0. The predicted octanol–water partition coefficient (Wildman–Crippen LogP) is -0.736. The number of piperidine rings is 1. The third-order valence-electron chi connectivity index (χ3n) is 2.94. The fourth-order valence-electron chi connectivity index (χ4n) is 1.93. The highest BCUT2D eigenvalue weighted by Gasteiger charge is 2.26. The van der Waals surface area contributed by atoms with Gasteiger partial charge in [-0.25, -0.2) is 13.1 Å². The van der Waals surface area contributed by atoms with Gasteiger partial charge in [-0.3, -0.25) is 4.79 Å². The maximum absolute atomic E-state index is 11.8. The van der Waals surface area contributed by atoms with Crippen molar-refractivity contribution in [3.05, 3.63) is 0 Å². The molecule has 0 bridgehead atoms. The molecule has 1 aliphatic rings. The number of hydrogen-bond acceptors (Lipinski definition) is 4. The van der Waals surface area contributed by atoms with Gasteiger partial charge in [0.05, 0.1) is 12.3 Å². The fourth-order valence-corrected chi connectivity index (χ4v) is 2.77. The standard InChI is InChI=1S/C10H21N3O3S/c1-3-9(11)10(14)13-6-4-8(5-7-13)12-17(2,15)16/h8-9,12H,3-7,11H2,1-2H3/t9-/m1/s1. The average Bonchev–Trinajstić information content (AvgIpc) is 2.26. The number of nitrogens with zero attached hydrogens (tertiary/aromatic N) is 1. The van der Waals surface area contributed by atoms with Gasteiger partial charge < -0.3 is 10.6 Å². The topological polar surface area (TPSA) is 92.5 Å². The van der Waals surface area contributed by atoms with E-state index >= 15 is 0 Å². The summed E-state index contributed by atoms with van der Waals surface area (Å²) < 4.78 is 24.7. The zero-order valence-corrected chi connectivity index (χ0v) is 11.2. The Labute approximate surface area is 103 Å². The number of sulfonamides is 1. The van der Waals surface area contributed by atoms with Crippen molar-refractivity contribution in [3.63, 3.8) is 0 Å². The number of hydrogen-bond donors (Lipinski definition) is 2. The Balaban J connectivity index is 2.43. The van der Waals surface area contributed by atoms with E-state index in [1.807, 2.05) is 6.92 Å². The van der Waals surface area contributed by atoms with Crippen molar-refractivity contribution in [2.75, 3.05) is 19.3 Å². The van der Waals surface area contributed by atoms with Crippen LogP contribution in [-0.2, 0) is 14.8 Å². The summed E-state index contributed by atoms with van der Waals surface area (Å²) in [4.78, 5) is 13.5. The largest absolute Gasteiger partial charge is 0.341 e. The smallest absolute Gasteiger partial charge is 0.239 e. The van der Waals surface area contributed by atoms with Crippen molar-refractivity contribution in [2.45, 2.75) is 38.3 Å². The normalized spacial score (nSPS) is 20.3. The van der Waals surface area contributed by atoms with Crippen LogP contribution in [0.15, 0.2) is 0 Å². The molecule has 0 unspecified atom stereocenters. The highest BCUT2D eigenvalue weighted by atomic mass is 32.2. The molecule has 3 N–H and O–H groups in total. The van der Waals surface area contributed by atoms with E-state index in [4.69, 9.17) is 5.73 Å². The zero-order valence-electron chi connectivity index (χ0n) is 10.3. The second kappa shape index (κ2) is 5.79. The van der Waals surface area contributed by atoms with Gasteiger partial charge >= 0.3 is 0 Å². The molecule has 1 rings (SSSR count). The first-order valence-corrected chi connectivity index (χ1v) is 7.74. The van der Waals surface area contributed by atoms with Crippen molar-refractivity contribution in [1.82, 2.24) is 9.62 Å². The third kappa shape index (κ3) is 4.61. The lowest BCUT2D eigenvalue weighted by Crippen LogP contribution is -2.50. The van der Waals surface area contributed by atoms with E-state index in [2.05, 4.69) is 4.72 Å². The van der Waals surface area contributed by atoms with E-state index in [1.54, 1.807) is 4.90 Å². The molecule has 0 aromatic carbocycles. The quantitative estimate of drug-likeness (QED) is 0.699. The molecule has 0 spiro atoms. The maximum Gasteiger partial charge on any atom is 0.239 e. The van der Waals surface area contributed by atoms with Gasteiger partial charge in [0.1, 0.15) is 0 Å². The Morgan fingerprint density at radius 1 is 1.47 bits per heavy atom. The van der Waals surface area contributed by atoms with Crippen LogP contribution in [0.1, 0.15) is 26.2 Å². The lowest BCUT2D eigenvalue weighted by atomic mass is 10.0. The van der Waals surface area contributed by atoms with Crippen LogP contribution >= 0.6 is 0 Å². The van der Waals surface area contributed by atoms with Crippen molar-refractivity contribution < 1.29 is 13.2 Å². The molecule has 0 radical (unpaired) electrons. The minimum atomic E-state index is -3.16. The van der Waals surface area contributed by atoms with Crippen LogP contribution in [0, 0.1) is 0 Å². The van der Waals surface area contributed by atoms with Gasteiger partial charge in [0, 0.05) is 19.1 Å². The van der Waals surface area contributed by atoms with Gasteiger partial charge in [0.15, 0.2) is 0 Å². The number of carbonyl (C=O) groups is 1. The Morgan fingerprint density at radius 2 is 2.00 bits per heavy atom. The summed E-state index contributed by atoms with van der Waals surface area (Å²) in [6.07, 6.45) is 3.07. The monoisotopic (exact) mass is 263 g/mol. The van der Waals surface area contributed by atoms with Gasteiger partial charge in [-0.1, -0.05) is 6.92 Å². The first kappa shape index (κ1) is 14.4. The van der Waals surface area contributed by atoms with Gasteiger partial charge in [-0.2, -0.15) is 0 Å². The molecule has 0 saturated carbocycles. The molecule has 0 aromatic heterocycles. The molecule has 0 aliphatic carbocycles. The Hall–Kier alpha value is -0.660. The van der Waals surface area contributed by atoms with E-state index in [0.717, 1.165) is 6.26 Å². The molecular formula is C10H21N3O3S. The number of amides is 1. The number of nitrogens with one attached hydrogen (secondary N) is 1. The molecular weight excluding hydrogens is 242 g/mol. The summed E-state index contributed by atoms with van der Waals surface area (Å²) in [6, 6.07) is -0.499. The van der Waals surface area contributed by atoms with Gasteiger partial charge in [-0.05, 0) is 19.3 Å². The number of rotatable bonds is 4. The first-order valence-electron chi connectivity index (χ1n) is 5.85. The minimum absolute atomic E-state index is 0.0368. The van der Waals surface area contributed by atoms with Gasteiger partial charge in [0.25, 0.3) is 0 Å². The maximum atomic E-state index is 11.8. The van der Waals surface area contributed by atoms with E-state index in [-0.39, 0.29) is 11.9 Å². The molecule has 1 atom stereocenters. The van der Waals surface area contributed by atoms with Crippen molar-refractivity contribution in [1.29, 1.82) is 0 Å². The highest BCUT2D eigenvalue weighted by Crippen LogP contribution is 2.12. The van der Waals surface area contributed by atoms with Crippen molar-refractivity contribution >= 4 is 15.9 Å². The Morgan fingerprint density at radius 3 is 2.41 bits per heavy atom. The number of nitrogens with two attached hydrogens (primary N) is 1. The van der Waals surface area contributed by atoms with Crippen molar-refractivity contribution in [3.8, 4) is 0 Å². The van der Waals surface area contributed by atoms with E-state index in [1.165, 1.54) is 0 Å².